The second-order valence-corrected chi connectivity index (χ2v) is 0. The predicted octanol–water partition coefficient (Wildman–Crippen LogP) is -1.15. The van der Waals surface area contributed by atoms with Gasteiger partial charge >= 0.3 is 0 Å². The van der Waals surface area contributed by atoms with Crippen LogP contribution in [-0.4, -0.2) is 76.0 Å². The van der Waals surface area contributed by atoms with Crippen molar-refractivity contribution >= 4 is 76.0 Å². The normalized spacial score (nSPS) is 0. The van der Waals surface area contributed by atoms with Gasteiger partial charge < -0.3 is 0 Å². The summed E-state index contributed by atoms with van der Waals surface area (Å²) in [6, 6.07) is 0. The summed E-state index contributed by atoms with van der Waals surface area (Å²) in [6.45, 7) is 0. The van der Waals surface area contributed by atoms with E-state index in [0.717, 1.165) is 0 Å². The summed E-state index contributed by atoms with van der Waals surface area (Å²) < 4.78 is 0. The van der Waals surface area contributed by atoms with Crippen LogP contribution in [0.4, 0.5) is 0 Å². The van der Waals surface area contributed by atoms with Gasteiger partial charge in [0, 0.05) is 115 Å². The van der Waals surface area contributed by atoms with Crippen molar-refractivity contribution in [2.75, 3.05) is 0 Å². The molecule has 34 valence electrons. The molecule has 0 aliphatic rings. The Hall–Kier alpha value is 3.81. The zero-order chi connectivity index (χ0) is 0. The van der Waals surface area contributed by atoms with E-state index in [0.29, 0.717) is 0 Å². The Morgan fingerprint density at radius 1 is 1.00 bits per heavy atom. The fraction of sp³-hybridized carbons (Fsp3) is 0. The minimum atomic E-state index is 0. The minimum absolute atomic E-state index is 0. The van der Waals surface area contributed by atoms with Gasteiger partial charge in [0.05, 0.1) is 0 Å². The van der Waals surface area contributed by atoms with E-state index in [1.165, 1.54) is 0 Å². The average molecular weight is 614 g/mol. The molecule has 0 nitrogen and oxygen atoms in total. The van der Waals surface area contributed by atoms with E-state index in [4.69, 9.17) is 0 Å². The maximum atomic E-state index is 0. The van der Waals surface area contributed by atoms with E-state index < -0.39 is 0 Å². The van der Waals surface area contributed by atoms with Gasteiger partial charge in [0.15, 0.2) is 0 Å². The predicted molar refractivity (Wildman–Crippen MR) is 17.3 cm³/mol. The molecule has 0 heterocycles. The monoisotopic (exact) mass is 614 g/mol. The molecule has 0 rings (SSSR count). The Kier molecular flexibility index (Phi) is 185. The second kappa shape index (κ2) is 24.9. The van der Waals surface area contributed by atoms with Crippen LogP contribution in [0.15, 0.2) is 0 Å². The van der Waals surface area contributed by atoms with Gasteiger partial charge in [-0.1, -0.05) is 0 Å². The van der Waals surface area contributed by atoms with Crippen LogP contribution in [-0.2, 0) is 39.4 Å². The van der Waals surface area contributed by atoms with Gasteiger partial charge in [-0.05, 0) is 0 Å². The minimum Gasteiger partial charge on any atom is 0 e. The van der Waals surface area contributed by atoms with Crippen LogP contribution in [0.3, 0.4) is 0 Å². The van der Waals surface area contributed by atoms with Crippen LogP contribution in [0.2, 0.25) is 0 Å². The standard InChI is InChI=1S/Ag.Bi.Cu.In.Sn. The van der Waals surface area contributed by atoms with Crippen molar-refractivity contribution in [3.63, 3.8) is 0 Å². The summed E-state index contributed by atoms with van der Waals surface area (Å²) in [5.41, 5.74) is 0. The Morgan fingerprint density at radius 2 is 1.00 bits per heavy atom. The fourth-order valence-electron chi connectivity index (χ4n) is 0. The van der Waals surface area contributed by atoms with E-state index in [-0.39, 0.29) is 115 Å². The Balaban J connectivity index is 0. The molecule has 0 bridgehead atoms. The maximum Gasteiger partial charge on any atom is 0 e. The summed E-state index contributed by atoms with van der Waals surface area (Å²) in [5, 5.41) is 0. The third-order valence-corrected chi connectivity index (χ3v) is 0. The van der Waals surface area contributed by atoms with Crippen LogP contribution in [0, 0.1) is 0 Å². The van der Waals surface area contributed by atoms with E-state index in [1.807, 2.05) is 0 Å². The maximum absolute atomic E-state index is 0. The Morgan fingerprint density at radius 3 is 1.00 bits per heavy atom. The Bertz CT molecular complexity index is 11.6. The van der Waals surface area contributed by atoms with Gasteiger partial charge in [-0.2, -0.15) is 0 Å². The summed E-state index contributed by atoms with van der Waals surface area (Å²) in [6.07, 6.45) is 0. The molecule has 0 N–H and O–H groups in total. The summed E-state index contributed by atoms with van der Waals surface area (Å²) >= 11 is 0. The van der Waals surface area contributed by atoms with Crippen molar-refractivity contribution in [1.82, 2.24) is 0 Å². The molecule has 0 amide bonds. The zero-order valence-electron chi connectivity index (χ0n) is 2.13. The molecule has 5 heteroatoms. The second-order valence-electron chi connectivity index (χ2n) is 0. The molecule has 0 saturated heterocycles. The summed E-state index contributed by atoms with van der Waals surface area (Å²) in [4.78, 5) is 0. The molecular weight excluding hydrogens is 614 g/mol. The zero-order valence-corrected chi connectivity index (χ0v) is 14.2. The van der Waals surface area contributed by atoms with Gasteiger partial charge in [0.1, 0.15) is 0 Å². The number of rotatable bonds is 0. The molecular formula is AgBiCuInSn. The molecule has 0 unspecified atom stereocenters. The average Bonchev–Trinajstić information content (AvgIpc) is 0. The van der Waals surface area contributed by atoms with Crippen molar-refractivity contribution in [2.24, 2.45) is 0 Å². The van der Waals surface area contributed by atoms with Crippen molar-refractivity contribution in [1.29, 1.82) is 0 Å². The van der Waals surface area contributed by atoms with Crippen LogP contribution >= 0.6 is 0 Å². The summed E-state index contributed by atoms with van der Waals surface area (Å²) in [7, 11) is 0. The van der Waals surface area contributed by atoms with Crippen LogP contribution in [0.1, 0.15) is 0 Å². The molecule has 0 fully saturated rings. The molecule has 0 aliphatic carbocycles. The quantitative estimate of drug-likeness (QED) is 0.303. The van der Waals surface area contributed by atoms with Crippen molar-refractivity contribution < 1.29 is 39.4 Å². The first kappa shape index (κ1) is 37.0. The first-order chi connectivity index (χ1) is 0. The smallest absolute Gasteiger partial charge is 0 e. The van der Waals surface area contributed by atoms with Crippen molar-refractivity contribution in [3.05, 3.63) is 0 Å². The molecule has 0 aliphatic heterocycles. The first-order valence-electron chi connectivity index (χ1n) is 0. The SMILES string of the molecule is [Ag].[Bi].[Cu].[In].[Sn]. The Labute approximate surface area is 113 Å². The van der Waals surface area contributed by atoms with Gasteiger partial charge in [-0.3, -0.25) is 0 Å². The van der Waals surface area contributed by atoms with Gasteiger partial charge in [-0.25, -0.2) is 0 Å². The van der Waals surface area contributed by atoms with Crippen LogP contribution in [0.5, 0.6) is 0 Å². The summed E-state index contributed by atoms with van der Waals surface area (Å²) in [5.74, 6) is 0. The van der Waals surface area contributed by atoms with Crippen LogP contribution < -0.4 is 0 Å². The molecule has 5 heavy (non-hydrogen) atoms. The molecule has 12 radical (unpaired) electrons. The topological polar surface area (TPSA) is 0 Å². The molecule has 0 spiro atoms. The molecule has 0 saturated carbocycles. The van der Waals surface area contributed by atoms with Crippen molar-refractivity contribution in [3.8, 4) is 0 Å². The molecule has 0 aromatic heterocycles. The van der Waals surface area contributed by atoms with Gasteiger partial charge in [0.25, 0.3) is 0 Å². The fourth-order valence-corrected chi connectivity index (χ4v) is 0. The third-order valence-electron chi connectivity index (χ3n) is 0. The molecule has 0 aromatic carbocycles. The molecule has 0 aromatic rings. The van der Waals surface area contributed by atoms with E-state index in [9.17, 15) is 0 Å². The van der Waals surface area contributed by atoms with Crippen molar-refractivity contribution in [2.45, 2.75) is 0 Å². The van der Waals surface area contributed by atoms with E-state index in [1.54, 1.807) is 0 Å². The first-order valence-corrected chi connectivity index (χ1v) is 0. The number of hydrogen-bond donors (Lipinski definition) is 0. The third kappa shape index (κ3) is 18.2. The van der Waals surface area contributed by atoms with Gasteiger partial charge in [-0.15, -0.1) is 0 Å². The molecule has 0 atom stereocenters. The van der Waals surface area contributed by atoms with E-state index >= 15 is 0 Å². The van der Waals surface area contributed by atoms with Crippen LogP contribution in [0.25, 0.3) is 0 Å². The van der Waals surface area contributed by atoms with Gasteiger partial charge in [0.2, 0.25) is 0 Å². The van der Waals surface area contributed by atoms with E-state index in [2.05, 4.69) is 0 Å². The largest absolute Gasteiger partial charge is 0 e. The number of hydrogen-bond acceptors (Lipinski definition) is 0.